The molecule has 0 bridgehead atoms. The number of carbonyl (C=O) groups is 1. The highest BCUT2D eigenvalue weighted by atomic mass is 19.4. The van der Waals surface area contributed by atoms with E-state index in [2.05, 4.69) is 5.32 Å². The molecular formula is C23H26F3NO4. The lowest BCUT2D eigenvalue weighted by Gasteiger charge is -2.45. The van der Waals surface area contributed by atoms with Gasteiger partial charge in [-0.05, 0) is 57.4 Å². The van der Waals surface area contributed by atoms with Crippen molar-refractivity contribution in [3.05, 3.63) is 53.0 Å². The lowest BCUT2D eigenvalue weighted by molar-refractivity contribution is -0.231. The number of esters is 1. The summed E-state index contributed by atoms with van der Waals surface area (Å²) in [5.41, 5.74) is -2.22. The summed E-state index contributed by atoms with van der Waals surface area (Å²) < 4.78 is 61.0. The number of nitrogens with one attached hydrogen (secondary N) is 1. The van der Waals surface area contributed by atoms with Crippen molar-refractivity contribution in [1.29, 1.82) is 0 Å². The van der Waals surface area contributed by atoms with Gasteiger partial charge < -0.3 is 19.2 Å². The second-order valence-corrected chi connectivity index (χ2v) is 8.35. The molecule has 0 unspecified atom stereocenters. The summed E-state index contributed by atoms with van der Waals surface area (Å²) in [6, 6.07) is 8.66. The molecule has 0 spiro atoms. The lowest BCUT2D eigenvalue weighted by atomic mass is 9.73. The maximum Gasteiger partial charge on any atom is 0.425 e. The van der Waals surface area contributed by atoms with Gasteiger partial charge in [0.05, 0.1) is 6.61 Å². The maximum atomic E-state index is 14.7. The normalized spacial score (nSPS) is 29.8. The molecule has 4 rings (SSSR count). The van der Waals surface area contributed by atoms with E-state index in [1.54, 1.807) is 31.2 Å². The third-order valence-corrected chi connectivity index (χ3v) is 6.44. The van der Waals surface area contributed by atoms with Gasteiger partial charge in [0.2, 0.25) is 0 Å². The van der Waals surface area contributed by atoms with Gasteiger partial charge in [0.15, 0.2) is 0 Å². The topological polar surface area (TPSA) is 60.7 Å². The fraction of sp³-hybridized carbons (Fsp3) is 0.522. The number of rotatable bonds is 4. The van der Waals surface area contributed by atoms with Gasteiger partial charge >= 0.3 is 12.1 Å². The quantitative estimate of drug-likeness (QED) is 0.652. The van der Waals surface area contributed by atoms with Crippen molar-refractivity contribution in [2.45, 2.75) is 69.9 Å². The van der Waals surface area contributed by atoms with Gasteiger partial charge in [-0.1, -0.05) is 24.6 Å². The van der Waals surface area contributed by atoms with Crippen LogP contribution in [-0.4, -0.2) is 30.4 Å². The molecule has 1 saturated heterocycles. The number of hydrogen-bond donors (Lipinski definition) is 1. The molecule has 5 nitrogen and oxygen atoms in total. The van der Waals surface area contributed by atoms with Crippen LogP contribution in [0.5, 0.6) is 0 Å². The van der Waals surface area contributed by atoms with Crippen LogP contribution in [0.1, 0.15) is 55.3 Å². The Balaban J connectivity index is 1.94. The van der Waals surface area contributed by atoms with Gasteiger partial charge in [0.25, 0.3) is 5.54 Å². The number of fused-ring (bicyclic) bond motifs is 3. The predicted molar refractivity (Wildman–Crippen MR) is 108 cm³/mol. The van der Waals surface area contributed by atoms with Crippen LogP contribution in [0.2, 0.25) is 0 Å². The Morgan fingerprint density at radius 3 is 2.55 bits per heavy atom. The van der Waals surface area contributed by atoms with Crippen LogP contribution in [0, 0.1) is 13.8 Å². The van der Waals surface area contributed by atoms with E-state index in [-0.39, 0.29) is 18.7 Å². The number of benzene rings is 1. The number of halogens is 3. The number of carbonyl (C=O) groups excluding carboxylic acids is 1. The van der Waals surface area contributed by atoms with E-state index in [1.807, 2.05) is 19.9 Å². The molecule has 168 valence electrons. The highest BCUT2D eigenvalue weighted by Crippen LogP contribution is 2.59. The number of aryl methyl sites for hydroxylation is 2. The van der Waals surface area contributed by atoms with Crippen LogP contribution < -0.4 is 5.32 Å². The van der Waals surface area contributed by atoms with Crippen molar-refractivity contribution in [2.24, 2.45) is 0 Å². The zero-order chi connectivity index (χ0) is 22.6. The molecule has 1 N–H and O–H groups in total. The molecule has 2 aromatic rings. The molecule has 2 aliphatic heterocycles. The third kappa shape index (κ3) is 3.14. The van der Waals surface area contributed by atoms with Crippen LogP contribution in [-0.2, 0) is 19.9 Å². The zero-order valence-electron chi connectivity index (χ0n) is 17.9. The average molecular weight is 437 g/mol. The van der Waals surface area contributed by atoms with Gasteiger partial charge in [-0.3, -0.25) is 0 Å². The molecule has 31 heavy (non-hydrogen) atoms. The first-order chi connectivity index (χ1) is 14.6. The predicted octanol–water partition coefficient (Wildman–Crippen LogP) is 5.36. The third-order valence-electron chi connectivity index (χ3n) is 6.44. The summed E-state index contributed by atoms with van der Waals surface area (Å²) in [5.74, 6) is -0.946. The lowest BCUT2D eigenvalue weighted by Crippen LogP contribution is -2.68. The van der Waals surface area contributed by atoms with Crippen molar-refractivity contribution in [3.8, 4) is 0 Å². The molecule has 0 radical (unpaired) electrons. The fourth-order valence-corrected chi connectivity index (χ4v) is 4.89. The SMILES string of the molecule is CCOC(=O)[C@@]1(C(F)(F)F)Nc2ccc(C)cc2[C@H]2C[C@](CC)(c3ccc(C)o3)O[C@H]21. The van der Waals surface area contributed by atoms with Gasteiger partial charge in [-0.2, -0.15) is 13.2 Å². The summed E-state index contributed by atoms with van der Waals surface area (Å²) in [4.78, 5) is 12.9. The molecule has 1 aromatic carbocycles. The Labute approximate surface area is 178 Å². The summed E-state index contributed by atoms with van der Waals surface area (Å²) >= 11 is 0. The molecule has 1 fully saturated rings. The number of ether oxygens (including phenoxy) is 2. The summed E-state index contributed by atoms with van der Waals surface area (Å²) in [6.07, 6.45) is -5.80. The molecule has 3 heterocycles. The van der Waals surface area contributed by atoms with E-state index < -0.39 is 35.3 Å². The zero-order valence-corrected chi connectivity index (χ0v) is 17.9. The second-order valence-electron chi connectivity index (χ2n) is 8.35. The number of alkyl halides is 3. The van der Waals surface area contributed by atoms with Gasteiger partial charge in [-0.25, -0.2) is 4.79 Å². The molecule has 4 atom stereocenters. The Kier molecular flexibility index (Phi) is 5.11. The fourth-order valence-electron chi connectivity index (χ4n) is 4.89. The number of hydrogen-bond acceptors (Lipinski definition) is 5. The minimum Gasteiger partial charge on any atom is -0.464 e. The van der Waals surface area contributed by atoms with E-state index in [1.165, 1.54) is 6.92 Å². The Morgan fingerprint density at radius 2 is 1.97 bits per heavy atom. The average Bonchev–Trinajstić information content (AvgIpc) is 3.31. The van der Waals surface area contributed by atoms with Crippen molar-refractivity contribution in [2.75, 3.05) is 11.9 Å². The smallest absolute Gasteiger partial charge is 0.425 e. The minimum atomic E-state index is -4.95. The van der Waals surface area contributed by atoms with E-state index >= 15 is 0 Å². The van der Waals surface area contributed by atoms with Crippen molar-refractivity contribution >= 4 is 11.7 Å². The second kappa shape index (κ2) is 7.29. The van der Waals surface area contributed by atoms with Crippen molar-refractivity contribution in [1.82, 2.24) is 0 Å². The van der Waals surface area contributed by atoms with E-state index in [9.17, 15) is 18.0 Å². The molecular weight excluding hydrogens is 411 g/mol. The Morgan fingerprint density at radius 1 is 1.23 bits per heavy atom. The molecule has 2 aliphatic rings. The van der Waals surface area contributed by atoms with Crippen molar-refractivity contribution < 1.29 is 31.9 Å². The molecule has 8 heteroatoms. The summed E-state index contributed by atoms with van der Waals surface area (Å²) in [7, 11) is 0. The van der Waals surface area contributed by atoms with Gasteiger partial charge in [-0.15, -0.1) is 0 Å². The van der Waals surface area contributed by atoms with E-state index in [0.29, 0.717) is 23.5 Å². The number of furan rings is 1. The van der Waals surface area contributed by atoms with Gasteiger partial charge in [0, 0.05) is 11.6 Å². The first kappa shape index (κ1) is 21.7. The standard InChI is InChI=1S/C23H26F3NO4/c1-5-21(18-10-8-14(4)30-18)12-16-15-11-13(3)7-9-17(15)27-22(19(16)31-21,23(24,25)26)20(28)29-6-2/h7-11,16,19,27H,5-6,12H2,1-4H3/t16-,19-,21-,22+/m1/s1. The Bertz CT molecular complexity index is 1000. The summed E-state index contributed by atoms with van der Waals surface area (Å²) in [6.45, 7) is 6.81. The molecule has 1 aromatic heterocycles. The molecule has 0 aliphatic carbocycles. The molecule has 0 saturated carbocycles. The molecule has 0 amide bonds. The van der Waals surface area contributed by atoms with E-state index in [0.717, 1.165) is 5.56 Å². The van der Waals surface area contributed by atoms with Crippen LogP contribution in [0.15, 0.2) is 34.7 Å². The number of anilines is 1. The summed E-state index contributed by atoms with van der Waals surface area (Å²) in [5, 5.41) is 2.50. The van der Waals surface area contributed by atoms with E-state index in [4.69, 9.17) is 13.9 Å². The Hall–Kier alpha value is -2.48. The highest BCUT2D eigenvalue weighted by Gasteiger charge is 2.73. The van der Waals surface area contributed by atoms with Crippen LogP contribution >= 0.6 is 0 Å². The largest absolute Gasteiger partial charge is 0.464 e. The van der Waals surface area contributed by atoms with Crippen molar-refractivity contribution in [3.63, 3.8) is 0 Å². The monoisotopic (exact) mass is 437 g/mol. The van der Waals surface area contributed by atoms with Crippen LogP contribution in [0.4, 0.5) is 18.9 Å². The van der Waals surface area contributed by atoms with Crippen LogP contribution in [0.3, 0.4) is 0 Å². The minimum absolute atomic E-state index is 0.174. The maximum absolute atomic E-state index is 14.7. The van der Waals surface area contributed by atoms with Gasteiger partial charge in [0.1, 0.15) is 23.2 Å². The first-order valence-corrected chi connectivity index (χ1v) is 10.5. The van der Waals surface area contributed by atoms with Crippen LogP contribution in [0.25, 0.3) is 0 Å². The highest BCUT2D eigenvalue weighted by molar-refractivity contribution is 5.89. The first-order valence-electron chi connectivity index (χ1n) is 10.5.